The molecule has 0 aromatic heterocycles. The van der Waals surface area contributed by atoms with Gasteiger partial charge in [-0.3, -0.25) is 4.79 Å². The summed E-state index contributed by atoms with van der Waals surface area (Å²) in [6, 6.07) is 13.8. The van der Waals surface area contributed by atoms with Gasteiger partial charge in [-0.1, -0.05) is 17.7 Å². The normalized spacial score (nSPS) is 13.6. The molecule has 1 heterocycles. The van der Waals surface area contributed by atoms with Crippen LogP contribution >= 0.6 is 0 Å². The SMILES string of the molecule is Cc1ccc(NC(=O)CN2CCCc3cc(N)ccc32)cc1. The summed E-state index contributed by atoms with van der Waals surface area (Å²) in [5.41, 5.74) is 11.0. The zero-order valence-electron chi connectivity index (χ0n) is 12.8. The van der Waals surface area contributed by atoms with Gasteiger partial charge in [-0.25, -0.2) is 0 Å². The van der Waals surface area contributed by atoms with Gasteiger partial charge < -0.3 is 16.0 Å². The van der Waals surface area contributed by atoms with E-state index < -0.39 is 0 Å². The highest BCUT2D eigenvalue weighted by Gasteiger charge is 2.19. The van der Waals surface area contributed by atoms with Gasteiger partial charge in [0.15, 0.2) is 0 Å². The summed E-state index contributed by atoms with van der Waals surface area (Å²) in [4.78, 5) is 14.4. The van der Waals surface area contributed by atoms with E-state index in [9.17, 15) is 4.79 Å². The second kappa shape index (κ2) is 6.10. The summed E-state index contributed by atoms with van der Waals surface area (Å²) in [5.74, 6) is 0.00790. The molecule has 0 saturated heterocycles. The number of amides is 1. The number of hydrogen-bond acceptors (Lipinski definition) is 3. The predicted octanol–water partition coefficient (Wildman–Crippen LogP) is 2.97. The van der Waals surface area contributed by atoms with Crippen molar-refractivity contribution in [3.8, 4) is 0 Å². The maximum absolute atomic E-state index is 12.3. The standard InChI is InChI=1S/C18H21N3O/c1-13-4-7-16(8-5-13)20-18(22)12-21-10-2-3-14-11-15(19)6-9-17(14)21/h4-9,11H,2-3,10,12,19H2,1H3,(H,20,22). The lowest BCUT2D eigenvalue weighted by atomic mass is 10.0. The molecule has 0 spiro atoms. The van der Waals surface area contributed by atoms with Gasteiger partial charge in [0.2, 0.25) is 5.91 Å². The molecule has 1 aliphatic heterocycles. The lowest BCUT2D eigenvalue weighted by Crippen LogP contribution is -2.36. The van der Waals surface area contributed by atoms with Crippen LogP contribution in [0.2, 0.25) is 0 Å². The van der Waals surface area contributed by atoms with Crippen molar-refractivity contribution in [2.75, 3.05) is 29.0 Å². The molecule has 1 aliphatic rings. The minimum Gasteiger partial charge on any atom is -0.399 e. The van der Waals surface area contributed by atoms with Crippen molar-refractivity contribution in [2.45, 2.75) is 19.8 Å². The molecule has 3 N–H and O–H groups in total. The number of hydrogen-bond donors (Lipinski definition) is 2. The molecule has 0 bridgehead atoms. The van der Waals surface area contributed by atoms with E-state index in [-0.39, 0.29) is 5.91 Å². The largest absolute Gasteiger partial charge is 0.399 e. The lowest BCUT2D eigenvalue weighted by molar-refractivity contribution is -0.115. The zero-order chi connectivity index (χ0) is 15.5. The Morgan fingerprint density at radius 3 is 2.77 bits per heavy atom. The summed E-state index contributed by atoms with van der Waals surface area (Å²) >= 11 is 0. The molecule has 2 aromatic carbocycles. The number of nitrogens with zero attached hydrogens (tertiary/aromatic N) is 1. The van der Waals surface area contributed by atoms with Crippen molar-refractivity contribution in [3.05, 3.63) is 53.6 Å². The molecule has 0 fully saturated rings. The van der Waals surface area contributed by atoms with Crippen LogP contribution in [0.5, 0.6) is 0 Å². The van der Waals surface area contributed by atoms with Crippen molar-refractivity contribution in [1.82, 2.24) is 0 Å². The van der Waals surface area contributed by atoms with Gasteiger partial charge in [0, 0.05) is 23.6 Å². The van der Waals surface area contributed by atoms with Crippen LogP contribution < -0.4 is 16.0 Å². The molecule has 3 rings (SSSR count). The Balaban J connectivity index is 1.69. The molecule has 0 saturated carbocycles. The monoisotopic (exact) mass is 295 g/mol. The molecule has 4 heteroatoms. The smallest absolute Gasteiger partial charge is 0.243 e. The first-order valence-corrected chi connectivity index (χ1v) is 7.62. The van der Waals surface area contributed by atoms with Crippen molar-refractivity contribution in [3.63, 3.8) is 0 Å². The predicted molar refractivity (Wildman–Crippen MR) is 91.2 cm³/mol. The number of fused-ring (bicyclic) bond motifs is 1. The van der Waals surface area contributed by atoms with Crippen LogP contribution in [0.4, 0.5) is 17.1 Å². The van der Waals surface area contributed by atoms with Crippen molar-refractivity contribution < 1.29 is 4.79 Å². The Bertz CT molecular complexity index is 679. The minimum atomic E-state index is 0.00790. The molecular formula is C18H21N3O. The number of carbonyl (C=O) groups excluding carboxylic acids is 1. The van der Waals surface area contributed by atoms with E-state index in [1.54, 1.807) is 0 Å². The van der Waals surface area contributed by atoms with Crippen LogP contribution in [0.15, 0.2) is 42.5 Å². The fourth-order valence-corrected chi connectivity index (χ4v) is 2.87. The molecule has 4 nitrogen and oxygen atoms in total. The van der Waals surface area contributed by atoms with Crippen LogP contribution in [-0.4, -0.2) is 19.0 Å². The first-order valence-electron chi connectivity index (χ1n) is 7.62. The molecule has 0 unspecified atom stereocenters. The van der Waals surface area contributed by atoms with Gasteiger partial charge in [-0.05, 0) is 55.7 Å². The maximum atomic E-state index is 12.3. The third-order valence-corrected chi connectivity index (χ3v) is 3.99. The topological polar surface area (TPSA) is 58.4 Å². The van der Waals surface area contributed by atoms with Crippen LogP contribution in [0, 0.1) is 6.92 Å². The van der Waals surface area contributed by atoms with E-state index in [0.29, 0.717) is 6.54 Å². The summed E-state index contributed by atoms with van der Waals surface area (Å²) in [6.45, 7) is 3.30. The lowest BCUT2D eigenvalue weighted by Gasteiger charge is -2.31. The molecule has 0 aliphatic carbocycles. The van der Waals surface area contributed by atoms with Crippen LogP contribution in [0.1, 0.15) is 17.5 Å². The highest BCUT2D eigenvalue weighted by Crippen LogP contribution is 2.28. The van der Waals surface area contributed by atoms with Gasteiger partial charge in [0.25, 0.3) is 0 Å². The average molecular weight is 295 g/mol. The highest BCUT2D eigenvalue weighted by molar-refractivity contribution is 5.94. The Morgan fingerprint density at radius 2 is 2.00 bits per heavy atom. The molecule has 0 radical (unpaired) electrons. The highest BCUT2D eigenvalue weighted by atomic mass is 16.2. The van der Waals surface area contributed by atoms with E-state index in [1.807, 2.05) is 49.4 Å². The Morgan fingerprint density at radius 1 is 1.23 bits per heavy atom. The van der Waals surface area contributed by atoms with Gasteiger partial charge >= 0.3 is 0 Å². The summed E-state index contributed by atoms with van der Waals surface area (Å²) in [7, 11) is 0. The van der Waals surface area contributed by atoms with E-state index in [1.165, 1.54) is 11.1 Å². The second-order valence-corrected chi connectivity index (χ2v) is 5.83. The van der Waals surface area contributed by atoms with E-state index >= 15 is 0 Å². The van der Waals surface area contributed by atoms with E-state index in [4.69, 9.17) is 5.73 Å². The fourth-order valence-electron chi connectivity index (χ4n) is 2.87. The molecule has 0 atom stereocenters. The second-order valence-electron chi connectivity index (χ2n) is 5.83. The number of anilines is 3. The molecule has 1 amide bonds. The van der Waals surface area contributed by atoms with Gasteiger partial charge in [-0.2, -0.15) is 0 Å². The zero-order valence-corrected chi connectivity index (χ0v) is 12.8. The minimum absolute atomic E-state index is 0.00790. The Kier molecular flexibility index (Phi) is 4.00. The number of nitrogen functional groups attached to an aromatic ring is 1. The number of rotatable bonds is 3. The van der Waals surface area contributed by atoms with Gasteiger partial charge in [0.05, 0.1) is 6.54 Å². The Labute approximate surface area is 130 Å². The first-order chi connectivity index (χ1) is 10.6. The van der Waals surface area contributed by atoms with Crippen LogP contribution in [0.25, 0.3) is 0 Å². The van der Waals surface area contributed by atoms with Crippen molar-refractivity contribution in [1.29, 1.82) is 0 Å². The van der Waals surface area contributed by atoms with Crippen LogP contribution in [0.3, 0.4) is 0 Å². The van der Waals surface area contributed by atoms with Crippen LogP contribution in [-0.2, 0) is 11.2 Å². The first kappa shape index (κ1) is 14.4. The number of carbonyl (C=O) groups is 1. The Hall–Kier alpha value is -2.49. The van der Waals surface area contributed by atoms with Gasteiger partial charge in [0.1, 0.15) is 0 Å². The fraction of sp³-hybridized carbons (Fsp3) is 0.278. The third-order valence-electron chi connectivity index (χ3n) is 3.99. The molecule has 2 aromatic rings. The molecule has 22 heavy (non-hydrogen) atoms. The van der Waals surface area contributed by atoms with E-state index in [2.05, 4.69) is 10.2 Å². The molecular weight excluding hydrogens is 274 g/mol. The third kappa shape index (κ3) is 3.22. The maximum Gasteiger partial charge on any atom is 0.243 e. The summed E-state index contributed by atoms with van der Waals surface area (Å²) in [5, 5.41) is 2.95. The number of aryl methyl sites for hydroxylation is 2. The summed E-state index contributed by atoms with van der Waals surface area (Å²) < 4.78 is 0. The van der Waals surface area contributed by atoms with Gasteiger partial charge in [-0.15, -0.1) is 0 Å². The van der Waals surface area contributed by atoms with Crippen molar-refractivity contribution >= 4 is 23.0 Å². The number of nitrogens with one attached hydrogen (secondary N) is 1. The number of nitrogens with two attached hydrogens (primary N) is 1. The van der Waals surface area contributed by atoms with Crippen molar-refractivity contribution in [2.24, 2.45) is 0 Å². The molecule has 114 valence electrons. The average Bonchev–Trinajstić information content (AvgIpc) is 2.49. The van der Waals surface area contributed by atoms with E-state index in [0.717, 1.165) is 36.4 Å². The quantitative estimate of drug-likeness (QED) is 0.856. The summed E-state index contributed by atoms with van der Waals surface area (Å²) in [6.07, 6.45) is 2.07. The number of benzene rings is 2.